The van der Waals surface area contributed by atoms with Crippen LogP contribution in [0.3, 0.4) is 0 Å². The van der Waals surface area contributed by atoms with Crippen molar-refractivity contribution < 1.29 is 13.2 Å². The van der Waals surface area contributed by atoms with Crippen molar-refractivity contribution in [2.45, 2.75) is 44.4 Å². The van der Waals surface area contributed by atoms with Gasteiger partial charge in [-0.3, -0.25) is 9.52 Å². The molecule has 2 aromatic carbocycles. The summed E-state index contributed by atoms with van der Waals surface area (Å²) in [6.45, 7) is 11.0. The van der Waals surface area contributed by atoms with Crippen LogP contribution in [0.2, 0.25) is 0 Å². The number of anilines is 2. The highest BCUT2D eigenvalue weighted by Crippen LogP contribution is 2.31. The normalized spacial score (nSPS) is 19.4. The van der Waals surface area contributed by atoms with E-state index in [1.165, 1.54) is 0 Å². The van der Waals surface area contributed by atoms with Crippen LogP contribution in [0.25, 0.3) is 0 Å². The summed E-state index contributed by atoms with van der Waals surface area (Å²) in [7, 11) is -3.81. The predicted octanol–water partition coefficient (Wildman–Crippen LogP) is 3.89. The SMILES string of the molecule is CC(C)c1ccc(S(=O)(=O)Nc2cc(C(=O)N3CCC[C@H](C)C3)ccc2N2CCNCC2)cc1. The number of likely N-dealkylation sites (tertiary alicyclic amines) is 1. The van der Waals surface area contributed by atoms with E-state index in [1.54, 1.807) is 18.2 Å². The lowest BCUT2D eigenvalue weighted by Gasteiger charge is -2.33. The van der Waals surface area contributed by atoms with E-state index < -0.39 is 10.0 Å². The summed E-state index contributed by atoms with van der Waals surface area (Å²) in [6, 6.07) is 12.4. The largest absolute Gasteiger partial charge is 0.367 e. The van der Waals surface area contributed by atoms with Crippen molar-refractivity contribution in [2.75, 3.05) is 48.9 Å². The monoisotopic (exact) mass is 484 g/mol. The molecule has 1 amide bonds. The van der Waals surface area contributed by atoms with E-state index in [0.29, 0.717) is 23.1 Å². The highest BCUT2D eigenvalue weighted by molar-refractivity contribution is 7.92. The molecule has 2 fully saturated rings. The maximum absolute atomic E-state index is 13.3. The second kappa shape index (κ2) is 10.4. The molecular formula is C26H36N4O3S. The quantitative estimate of drug-likeness (QED) is 0.650. The Kier molecular flexibility index (Phi) is 7.48. The van der Waals surface area contributed by atoms with Crippen molar-refractivity contribution in [3.8, 4) is 0 Å². The molecule has 2 aromatic rings. The van der Waals surface area contributed by atoms with Crippen LogP contribution in [-0.2, 0) is 10.0 Å². The van der Waals surface area contributed by atoms with Gasteiger partial charge < -0.3 is 15.1 Å². The Hall–Kier alpha value is -2.58. The summed E-state index contributed by atoms with van der Waals surface area (Å²) in [4.78, 5) is 17.5. The maximum atomic E-state index is 13.3. The number of hydrogen-bond acceptors (Lipinski definition) is 5. The zero-order chi connectivity index (χ0) is 24.3. The first-order valence-electron chi connectivity index (χ1n) is 12.3. The van der Waals surface area contributed by atoms with Crippen molar-refractivity contribution in [1.82, 2.24) is 10.2 Å². The number of benzene rings is 2. The summed E-state index contributed by atoms with van der Waals surface area (Å²) in [5.41, 5.74) is 2.85. The van der Waals surface area contributed by atoms with E-state index in [-0.39, 0.29) is 10.8 Å². The van der Waals surface area contributed by atoms with E-state index in [4.69, 9.17) is 0 Å². The van der Waals surface area contributed by atoms with Crippen LogP contribution in [0.5, 0.6) is 0 Å². The summed E-state index contributed by atoms with van der Waals surface area (Å²) in [6.07, 6.45) is 2.13. The predicted molar refractivity (Wildman–Crippen MR) is 137 cm³/mol. The van der Waals surface area contributed by atoms with Crippen molar-refractivity contribution >= 4 is 27.3 Å². The Morgan fingerprint density at radius 1 is 1.06 bits per heavy atom. The number of carbonyl (C=O) groups excluding carboxylic acids is 1. The standard InChI is InChI=1S/C26H36N4O3S/c1-19(2)21-6-9-23(10-7-21)34(32,33)28-24-17-22(26(31)30-14-4-5-20(3)18-30)8-11-25(24)29-15-12-27-13-16-29/h6-11,17,19-20,27-28H,4-5,12-16,18H2,1-3H3/t20-/m0/s1. The summed E-state index contributed by atoms with van der Waals surface area (Å²) in [5, 5.41) is 3.33. The van der Waals surface area contributed by atoms with Crippen LogP contribution in [0.1, 0.15) is 55.5 Å². The number of sulfonamides is 1. The molecule has 0 spiro atoms. The van der Waals surface area contributed by atoms with Gasteiger partial charge in [0.25, 0.3) is 15.9 Å². The fourth-order valence-electron chi connectivity index (χ4n) is 4.72. The van der Waals surface area contributed by atoms with Gasteiger partial charge in [0.15, 0.2) is 0 Å². The third-order valence-electron chi connectivity index (χ3n) is 6.75. The average molecular weight is 485 g/mol. The summed E-state index contributed by atoms with van der Waals surface area (Å²) < 4.78 is 29.4. The smallest absolute Gasteiger partial charge is 0.261 e. The third kappa shape index (κ3) is 5.55. The van der Waals surface area contributed by atoms with E-state index in [2.05, 4.69) is 35.7 Å². The lowest BCUT2D eigenvalue weighted by Crippen LogP contribution is -2.44. The van der Waals surface area contributed by atoms with Crippen LogP contribution in [0, 0.1) is 5.92 Å². The van der Waals surface area contributed by atoms with Gasteiger partial charge in [-0.1, -0.05) is 32.9 Å². The zero-order valence-electron chi connectivity index (χ0n) is 20.4. The number of nitrogens with one attached hydrogen (secondary N) is 2. The molecule has 2 saturated heterocycles. The topological polar surface area (TPSA) is 81.8 Å². The molecule has 0 aromatic heterocycles. The highest BCUT2D eigenvalue weighted by atomic mass is 32.2. The molecule has 4 rings (SSSR count). The molecule has 2 heterocycles. The second-order valence-electron chi connectivity index (χ2n) is 9.80. The van der Waals surface area contributed by atoms with Gasteiger partial charge in [0.1, 0.15) is 0 Å². The summed E-state index contributed by atoms with van der Waals surface area (Å²) >= 11 is 0. The molecule has 2 aliphatic rings. The van der Waals surface area contributed by atoms with Crippen LogP contribution < -0.4 is 14.9 Å². The van der Waals surface area contributed by atoms with Crippen LogP contribution in [0.4, 0.5) is 11.4 Å². The first kappa shape index (κ1) is 24.5. The van der Waals surface area contributed by atoms with E-state index in [0.717, 1.165) is 63.4 Å². The van der Waals surface area contributed by atoms with Crippen LogP contribution in [-0.4, -0.2) is 58.5 Å². The molecule has 0 saturated carbocycles. The van der Waals surface area contributed by atoms with Crippen LogP contribution in [0.15, 0.2) is 47.4 Å². The number of amides is 1. The number of hydrogen-bond donors (Lipinski definition) is 2. The highest BCUT2D eigenvalue weighted by Gasteiger charge is 2.25. The van der Waals surface area contributed by atoms with Crippen molar-refractivity contribution in [2.24, 2.45) is 5.92 Å². The minimum atomic E-state index is -3.81. The van der Waals surface area contributed by atoms with Crippen molar-refractivity contribution in [3.63, 3.8) is 0 Å². The first-order valence-corrected chi connectivity index (χ1v) is 13.7. The number of rotatable bonds is 6. The molecule has 0 aliphatic carbocycles. The van der Waals surface area contributed by atoms with Gasteiger partial charge in [-0.2, -0.15) is 0 Å². The third-order valence-corrected chi connectivity index (χ3v) is 8.13. The van der Waals surface area contributed by atoms with Gasteiger partial charge in [0.05, 0.1) is 16.3 Å². The molecule has 1 atom stereocenters. The fourth-order valence-corrected chi connectivity index (χ4v) is 5.79. The molecule has 2 N–H and O–H groups in total. The molecule has 0 bridgehead atoms. The Morgan fingerprint density at radius 2 is 1.76 bits per heavy atom. The Morgan fingerprint density at radius 3 is 2.41 bits per heavy atom. The Labute approximate surface area is 203 Å². The van der Waals surface area contributed by atoms with E-state index in [1.807, 2.05) is 29.2 Å². The number of piperidine rings is 1. The van der Waals surface area contributed by atoms with Gasteiger partial charge in [-0.15, -0.1) is 0 Å². The molecule has 8 heteroatoms. The van der Waals surface area contributed by atoms with Gasteiger partial charge in [0.2, 0.25) is 0 Å². The number of carbonyl (C=O) groups is 1. The molecule has 0 radical (unpaired) electrons. The Bertz CT molecular complexity index is 1110. The average Bonchev–Trinajstić information content (AvgIpc) is 2.84. The minimum absolute atomic E-state index is 0.0415. The second-order valence-corrected chi connectivity index (χ2v) is 11.5. The molecule has 2 aliphatic heterocycles. The van der Waals surface area contributed by atoms with E-state index in [9.17, 15) is 13.2 Å². The lowest BCUT2D eigenvalue weighted by atomic mass is 9.99. The summed E-state index contributed by atoms with van der Waals surface area (Å²) in [5.74, 6) is 0.758. The van der Waals surface area contributed by atoms with Crippen molar-refractivity contribution in [3.05, 3.63) is 53.6 Å². The molecule has 184 valence electrons. The maximum Gasteiger partial charge on any atom is 0.261 e. The van der Waals surface area contributed by atoms with Gasteiger partial charge in [-0.25, -0.2) is 8.42 Å². The molecular weight excluding hydrogens is 448 g/mol. The minimum Gasteiger partial charge on any atom is -0.367 e. The Balaban J connectivity index is 1.66. The van der Waals surface area contributed by atoms with Crippen LogP contribution >= 0.6 is 0 Å². The lowest BCUT2D eigenvalue weighted by molar-refractivity contribution is 0.0683. The number of piperazine rings is 1. The molecule has 7 nitrogen and oxygen atoms in total. The number of nitrogens with zero attached hydrogens (tertiary/aromatic N) is 2. The molecule has 34 heavy (non-hydrogen) atoms. The van der Waals surface area contributed by atoms with Gasteiger partial charge >= 0.3 is 0 Å². The molecule has 0 unspecified atom stereocenters. The van der Waals surface area contributed by atoms with Crippen molar-refractivity contribution in [1.29, 1.82) is 0 Å². The fraction of sp³-hybridized carbons (Fsp3) is 0.500. The van der Waals surface area contributed by atoms with Gasteiger partial charge in [0, 0.05) is 44.8 Å². The van der Waals surface area contributed by atoms with E-state index >= 15 is 0 Å². The zero-order valence-corrected chi connectivity index (χ0v) is 21.2. The van der Waals surface area contributed by atoms with Gasteiger partial charge in [-0.05, 0) is 60.6 Å². The first-order chi connectivity index (χ1) is 16.2.